The van der Waals surface area contributed by atoms with Gasteiger partial charge in [-0.1, -0.05) is 44.4 Å². The Kier molecular flexibility index (Phi) is 9.38. The van der Waals surface area contributed by atoms with Gasteiger partial charge in [0.2, 0.25) is 5.82 Å². The van der Waals surface area contributed by atoms with E-state index in [0.29, 0.717) is 13.0 Å². The van der Waals surface area contributed by atoms with E-state index in [4.69, 9.17) is 9.47 Å². The zero-order chi connectivity index (χ0) is 21.9. The molecule has 0 atom stereocenters. The normalized spacial score (nSPS) is 10.7. The Bertz CT molecular complexity index is 868. The third-order valence-corrected chi connectivity index (χ3v) is 4.50. The molecule has 0 spiro atoms. The summed E-state index contributed by atoms with van der Waals surface area (Å²) in [5.74, 6) is -5.57. The van der Waals surface area contributed by atoms with E-state index < -0.39 is 29.2 Å². The fourth-order valence-electron chi connectivity index (χ4n) is 2.89. The van der Waals surface area contributed by atoms with Gasteiger partial charge in [0.25, 0.3) is 0 Å². The number of benzene rings is 2. The molecule has 0 N–H and O–H groups in total. The highest BCUT2D eigenvalue weighted by Crippen LogP contribution is 2.32. The van der Waals surface area contributed by atoms with Crippen molar-refractivity contribution in [2.45, 2.75) is 38.5 Å². The van der Waals surface area contributed by atoms with Crippen LogP contribution in [-0.4, -0.2) is 19.2 Å². The summed E-state index contributed by atoms with van der Waals surface area (Å²) in [4.78, 5) is 10.9. The van der Waals surface area contributed by atoms with Gasteiger partial charge in [0, 0.05) is 17.2 Å². The smallest absolute Gasteiger partial charge is 0.330 e. The van der Waals surface area contributed by atoms with Crippen molar-refractivity contribution in [1.29, 1.82) is 0 Å². The lowest BCUT2D eigenvalue weighted by Gasteiger charge is -2.11. The van der Waals surface area contributed by atoms with Crippen LogP contribution in [0.15, 0.2) is 43.0 Å². The largest absolute Gasteiger partial charge is 0.490 e. The topological polar surface area (TPSA) is 35.5 Å². The molecule has 0 aliphatic rings. The van der Waals surface area contributed by atoms with Crippen LogP contribution in [0.1, 0.15) is 38.5 Å². The summed E-state index contributed by atoms with van der Waals surface area (Å²) in [5, 5.41) is 0. The Hall–Kier alpha value is -2.83. The van der Waals surface area contributed by atoms with E-state index in [-0.39, 0.29) is 23.5 Å². The lowest BCUT2D eigenvalue weighted by atomic mass is 10.0. The van der Waals surface area contributed by atoms with Gasteiger partial charge in [0.05, 0.1) is 13.2 Å². The number of hydrogen-bond acceptors (Lipinski definition) is 3. The second kappa shape index (κ2) is 12.0. The molecule has 0 aliphatic heterocycles. The molecule has 0 saturated carbocycles. The zero-order valence-corrected chi connectivity index (χ0v) is 16.6. The SMILES string of the molecule is C=CC(=O)OCCCCCCCCOc1ccc(-c2cccc(F)c2F)c(F)c1F. The fraction of sp³-hybridized carbons (Fsp3) is 0.348. The average molecular weight is 424 g/mol. The molecule has 0 unspecified atom stereocenters. The van der Waals surface area contributed by atoms with Gasteiger partial charge in [-0.25, -0.2) is 18.0 Å². The van der Waals surface area contributed by atoms with Gasteiger partial charge in [0.15, 0.2) is 23.2 Å². The highest BCUT2D eigenvalue weighted by Gasteiger charge is 2.19. The maximum Gasteiger partial charge on any atom is 0.330 e. The van der Waals surface area contributed by atoms with Gasteiger partial charge in [0.1, 0.15) is 0 Å². The molecule has 0 radical (unpaired) electrons. The summed E-state index contributed by atoms with van der Waals surface area (Å²) >= 11 is 0. The van der Waals surface area contributed by atoms with Crippen LogP contribution in [0.25, 0.3) is 11.1 Å². The molecule has 3 nitrogen and oxygen atoms in total. The molecule has 0 aliphatic carbocycles. The van der Waals surface area contributed by atoms with E-state index in [1.807, 2.05) is 0 Å². The van der Waals surface area contributed by atoms with E-state index in [0.717, 1.165) is 44.2 Å². The van der Waals surface area contributed by atoms with Crippen LogP contribution in [-0.2, 0) is 9.53 Å². The molecule has 2 rings (SSSR count). The van der Waals surface area contributed by atoms with E-state index in [9.17, 15) is 22.4 Å². The van der Waals surface area contributed by atoms with E-state index in [1.54, 1.807) is 0 Å². The summed E-state index contributed by atoms with van der Waals surface area (Å²) in [6, 6.07) is 5.69. The maximum absolute atomic E-state index is 14.3. The average Bonchev–Trinajstić information content (AvgIpc) is 2.74. The Morgan fingerprint density at radius 3 is 2.13 bits per heavy atom. The highest BCUT2D eigenvalue weighted by atomic mass is 19.2. The second-order valence-electron chi connectivity index (χ2n) is 6.68. The number of halogens is 4. The summed E-state index contributed by atoms with van der Waals surface area (Å²) in [6.45, 7) is 3.89. The number of ether oxygens (including phenoxy) is 2. The molecule has 2 aromatic rings. The first-order valence-electron chi connectivity index (χ1n) is 9.80. The first-order chi connectivity index (χ1) is 14.5. The number of hydrogen-bond donors (Lipinski definition) is 0. The fourth-order valence-corrected chi connectivity index (χ4v) is 2.89. The molecule has 30 heavy (non-hydrogen) atoms. The Morgan fingerprint density at radius 2 is 1.43 bits per heavy atom. The van der Waals surface area contributed by atoms with Crippen molar-refractivity contribution in [2.75, 3.05) is 13.2 Å². The van der Waals surface area contributed by atoms with Gasteiger partial charge in [-0.3, -0.25) is 0 Å². The maximum atomic E-state index is 14.3. The Labute approximate surface area is 173 Å². The molecule has 7 heteroatoms. The van der Waals surface area contributed by atoms with Crippen molar-refractivity contribution in [2.24, 2.45) is 0 Å². The molecule has 0 bridgehead atoms. The van der Waals surface area contributed by atoms with Crippen LogP contribution in [0, 0.1) is 23.3 Å². The minimum absolute atomic E-state index is 0.209. The van der Waals surface area contributed by atoms with Crippen LogP contribution >= 0.6 is 0 Å². The van der Waals surface area contributed by atoms with Gasteiger partial charge in [-0.15, -0.1) is 0 Å². The number of unbranched alkanes of at least 4 members (excludes halogenated alkanes) is 5. The summed E-state index contributed by atoms with van der Waals surface area (Å²) in [7, 11) is 0. The third-order valence-electron chi connectivity index (χ3n) is 4.50. The lowest BCUT2D eigenvalue weighted by molar-refractivity contribution is -0.137. The standard InChI is InChI=1S/C23H24F4O3/c1-2-20(28)30-15-8-6-4-3-5-7-14-29-19-13-12-17(22(26)23(19)27)16-10-9-11-18(24)21(16)25/h2,9-13H,1,3-8,14-15H2. The minimum atomic E-state index is -1.28. The molecular formula is C23H24F4O3. The number of carbonyl (C=O) groups excluding carboxylic acids is 1. The number of esters is 1. The molecular weight excluding hydrogens is 400 g/mol. The van der Waals surface area contributed by atoms with Crippen molar-refractivity contribution in [3.8, 4) is 16.9 Å². The van der Waals surface area contributed by atoms with Crippen molar-refractivity contribution in [1.82, 2.24) is 0 Å². The summed E-state index contributed by atoms with van der Waals surface area (Å²) in [5.41, 5.74) is -0.715. The van der Waals surface area contributed by atoms with Crippen LogP contribution < -0.4 is 4.74 Å². The quantitative estimate of drug-likeness (QED) is 0.172. The monoisotopic (exact) mass is 424 g/mol. The summed E-state index contributed by atoms with van der Waals surface area (Å²) in [6.07, 6.45) is 6.23. The number of rotatable bonds is 12. The van der Waals surface area contributed by atoms with Crippen molar-refractivity contribution in [3.63, 3.8) is 0 Å². The van der Waals surface area contributed by atoms with E-state index in [2.05, 4.69) is 6.58 Å². The van der Waals surface area contributed by atoms with E-state index >= 15 is 0 Å². The van der Waals surface area contributed by atoms with Gasteiger partial charge < -0.3 is 9.47 Å². The van der Waals surface area contributed by atoms with Crippen LogP contribution in [0.4, 0.5) is 17.6 Å². The number of carbonyl (C=O) groups is 1. The first-order valence-corrected chi connectivity index (χ1v) is 9.80. The summed E-state index contributed by atoms with van der Waals surface area (Å²) < 4.78 is 65.9. The third kappa shape index (κ3) is 6.61. The van der Waals surface area contributed by atoms with Crippen molar-refractivity contribution >= 4 is 5.97 Å². The van der Waals surface area contributed by atoms with Gasteiger partial charge in [-0.05, 0) is 31.0 Å². The minimum Gasteiger partial charge on any atom is -0.490 e. The lowest BCUT2D eigenvalue weighted by Crippen LogP contribution is -2.03. The van der Waals surface area contributed by atoms with Crippen molar-refractivity contribution in [3.05, 3.63) is 66.3 Å². The predicted molar refractivity (Wildman–Crippen MR) is 106 cm³/mol. The van der Waals surface area contributed by atoms with E-state index in [1.165, 1.54) is 24.3 Å². The molecule has 0 heterocycles. The first kappa shape index (κ1) is 23.4. The van der Waals surface area contributed by atoms with Crippen molar-refractivity contribution < 1.29 is 31.8 Å². The molecule has 0 fully saturated rings. The molecule has 0 aromatic heterocycles. The predicted octanol–water partition coefficient (Wildman–Crippen LogP) is 6.36. The molecule has 162 valence electrons. The Morgan fingerprint density at radius 1 is 0.800 bits per heavy atom. The Balaban J connectivity index is 1.74. The van der Waals surface area contributed by atoms with Gasteiger partial charge >= 0.3 is 5.97 Å². The van der Waals surface area contributed by atoms with Gasteiger partial charge in [-0.2, -0.15) is 4.39 Å². The molecule has 0 amide bonds. The molecule has 2 aromatic carbocycles. The second-order valence-corrected chi connectivity index (χ2v) is 6.68. The zero-order valence-electron chi connectivity index (χ0n) is 16.6. The van der Waals surface area contributed by atoms with Crippen LogP contribution in [0.5, 0.6) is 5.75 Å². The molecule has 0 saturated heterocycles. The van der Waals surface area contributed by atoms with Crippen LogP contribution in [0.3, 0.4) is 0 Å². The highest BCUT2D eigenvalue weighted by molar-refractivity contribution is 5.81. The van der Waals surface area contributed by atoms with Crippen LogP contribution in [0.2, 0.25) is 0 Å².